The molecule has 24 heavy (non-hydrogen) atoms. The van der Waals surface area contributed by atoms with Crippen molar-refractivity contribution < 1.29 is 38.7 Å². The van der Waals surface area contributed by atoms with Gasteiger partial charge in [0, 0.05) is 0 Å². The van der Waals surface area contributed by atoms with Gasteiger partial charge in [-0.05, 0) is 12.8 Å². The zero-order valence-electron chi connectivity index (χ0n) is 13.5. The number of aliphatic hydroxyl groups is 2. The Morgan fingerprint density at radius 2 is 1.62 bits per heavy atom. The van der Waals surface area contributed by atoms with E-state index in [-0.39, 0.29) is 30.1 Å². The van der Waals surface area contributed by atoms with Crippen LogP contribution in [-0.4, -0.2) is 73.0 Å². The molecule has 0 radical (unpaired) electrons. The van der Waals surface area contributed by atoms with E-state index in [1.54, 1.807) is 0 Å². The molecule has 3 fully saturated rings. The minimum absolute atomic E-state index is 0.0209. The van der Waals surface area contributed by atoms with Crippen LogP contribution >= 0.6 is 0 Å². The number of aliphatic hydroxyl groups excluding tert-OH is 2. The van der Waals surface area contributed by atoms with Crippen molar-refractivity contribution >= 4 is 11.9 Å². The molecule has 4 aliphatic rings. The first-order valence-corrected chi connectivity index (χ1v) is 7.97. The maximum absolute atomic E-state index is 11.2. The molecule has 8 nitrogen and oxygen atoms in total. The molecule has 4 heterocycles. The summed E-state index contributed by atoms with van der Waals surface area (Å²) >= 11 is 0. The summed E-state index contributed by atoms with van der Waals surface area (Å²) in [4.78, 5) is 22.2. The van der Waals surface area contributed by atoms with Crippen molar-refractivity contribution in [1.29, 1.82) is 0 Å². The van der Waals surface area contributed by atoms with Crippen LogP contribution in [-0.2, 0) is 28.5 Å². The molecule has 8 atom stereocenters. The number of hydrogen-bond acceptors (Lipinski definition) is 8. The Labute approximate surface area is 139 Å². The lowest BCUT2D eigenvalue weighted by atomic mass is 9.85. The summed E-state index contributed by atoms with van der Waals surface area (Å²) in [6.45, 7) is 0. The van der Waals surface area contributed by atoms with Crippen LogP contribution in [0.5, 0.6) is 0 Å². The molecule has 0 aromatic rings. The molecule has 5 unspecified atom stereocenters. The number of methoxy groups -OCH3 is 2. The van der Waals surface area contributed by atoms with E-state index in [0.717, 1.165) is 6.42 Å². The smallest absolute Gasteiger partial charge is 0.311 e. The molecular formula is C16H22O8. The molecule has 0 aliphatic carbocycles. The van der Waals surface area contributed by atoms with Crippen molar-refractivity contribution in [2.24, 2.45) is 11.8 Å². The highest BCUT2D eigenvalue weighted by atomic mass is 16.6. The molecule has 0 aromatic carbocycles. The van der Waals surface area contributed by atoms with E-state index in [9.17, 15) is 19.8 Å². The van der Waals surface area contributed by atoms with Gasteiger partial charge in [0.1, 0.15) is 12.2 Å². The van der Waals surface area contributed by atoms with Crippen LogP contribution in [0, 0.1) is 11.8 Å². The van der Waals surface area contributed by atoms with E-state index in [2.05, 4.69) is 9.47 Å². The van der Waals surface area contributed by atoms with Crippen molar-refractivity contribution in [2.75, 3.05) is 14.2 Å². The third-order valence-corrected chi connectivity index (χ3v) is 5.02. The molecule has 4 rings (SSSR count). The number of rotatable bonds is 2. The minimum Gasteiger partial charge on any atom is -0.469 e. The van der Waals surface area contributed by atoms with Crippen LogP contribution in [0.4, 0.5) is 0 Å². The van der Waals surface area contributed by atoms with Gasteiger partial charge in [-0.1, -0.05) is 12.2 Å². The van der Waals surface area contributed by atoms with Gasteiger partial charge in [-0.15, -0.1) is 0 Å². The third-order valence-electron chi connectivity index (χ3n) is 5.02. The second kappa shape index (κ2) is 6.79. The van der Waals surface area contributed by atoms with Gasteiger partial charge in [-0.25, -0.2) is 0 Å². The summed E-state index contributed by atoms with van der Waals surface area (Å²) in [5.41, 5.74) is 0. The van der Waals surface area contributed by atoms with E-state index >= 15 is 0 Å². The highest BCUT2D eigenvalue weighted by Crippen LogP contribution is 2.39. The van der Waals surface area contributed by atoms with Crippen molar-refractivity contribution in [2.45, 2.75) is 49.5 Å². The number of fused-ring (bicyclic) bond motifs is 4. The normalized spacial score (nSPS) is 44.2. The lowest BCUT2D eigenvalue weighted by Crippen LogP contribution is -2.44. The topological polar surface area (TPSA) is 112 Å². The lowest BCUT2D eigenvalue weighted by molar-refractivity contribution is -0.150. The molecule has 4 bridgehead atoms. The van der Waals surface area contributed by atoms with Gasteiger partial charge in [0.25, 0.3) is 0 Å². The Kier molecular flexibility index (Phi) is 4.91. The lowest BCUT2D eigenvalue weighted by Gasteiger charge is -2.24. The standard InChI is InChI=1S/C8H12O5.C8H10O3/c1-12-8(11)3-2-4-5(9)6(10)7(3)13-4;1-10-8(9)6-4-5-2-3-7(6)11-5/h3-7,9-10H,2H2,1H3;2-3,5-7H,4H2,1H3/t3?,4?,5?,6-,7-;5?,6?,7-/m01/s1. The van der Waals surface area contributed by atoms with E-state index < -0.39 is 30.3 Å². The van der Waals surface area contributed by atoms with Crippen molar-refractivity contribution in [1.82, 2.24) is 0 Å². The van der Waals surface area contributed by atoms with Crippen LogP contribution in [0.2, 0.25) is 0 Å². The molecule has 3 saturated heterocycles. The summed E-state index contributed by atoms with van der Waals surface area (Å²) in [7, 11) is 2.72. The van der Waals surface area contributed by atoms with Gasteiger partial charge in [0.2, 0.25) is 0 Å². The fourth-order valence-electron chi connectivity index (χ4n) is 3.73. The average molecular weight is 342 g/mol. The van der Waals surface area contributed by atoms with Gasteiger partial charge in [0.05, 0.1) is 50.5 Å². The van der Waals surface area contributed by atoms with Gasteiger partial charge in [-0.2, -0.15) is 0 Å². The fraction of sp³-hybridized carbons (Fsp3) is 0.750. The van der Waals surface area contributed by atoms with Crippen LogP contribution in [0.3, 0.4) is 0 Å². The van der Waals surface area contributed by atoms with Gasteiger partial charge >= 0.3 is 11.9 Å². The van der Waals surface area contributed by atoms with Gasteiger partial charge in [0.15, 0.2) is 0 Å². The molecule has 0 spiro atoms. The van der Waals surface area contributed by atoms with Crippen LogP contribution < -0.4 is 0 Å². The zero-order valence-corrected chi connectivity index (χ0v) is 13.5. The number of carbonyl (C=O) groups excluding carboxylic acids is 2. The monoisotopic (exact) mass is 342 g/mol. The number of carbonyl (C=O) groups is 2. The van der Waals surface area contributed by atoms with Crippen molar-refractivity contribution in [3.63, 3.8) is 0 Å². The molecule has 2 N–H and O–H groups in total. The molecule has 0 amide bonds. The van der Waals surface area contributed by atoms with Crippen molar-refractivity contribution in [3.8, 4) is 0 Å². The Balaban J connectivity index is 0.000000143. The largest absolute Gasteiger partial charge is 0.469 e. The zero-order chi connectivity index (χ0) is 17.4. The first-order valence-electron chi connectivity index (χ1n) is 7.97. The summed E-state index contributed by atoms with van der Waals surface area (Å²) in [6.07, 6.45) is 2.49. The van der Waals surface area contributed by atoms with E-state index in [1.165, 1.54) is 14.2 Å². The Hall–Kier alpha value is -1.48. The summed E-state index contributed by atoms with van der Waals surface area (Å²) in [6, 6.07) is 0. The summed E-state index contributed by atoms with van der Waals surface area (Å²) in [5, 5.41) is 18.8. The Morgan fingerprint density at radius 3 is 2.08 bits per heavy atom. The van der Waals surface area contributed by atoms with E-state index in [1.807, 2.05) is 12.2 Å². The second-order valence-corrected chi connectivity index (χ2v) is 6.38. The van der Waals surface area contributed by atoms with E-state index in [4.69, 9.17) is 9.47 Å². The van der Waals surface area contributed by atoms with Crippen molar-refractivity contribution in [3.05, 3.63) is 12.2 Å². The molecule has 0 saturated carbocycles. The Morgan fingerprint density at radius 1 is 0.958 bits per heavy atom. The van der Waals surface area contributed by atoms with Crippen LogP contribution in [0.15, 0.2) is 12.2 Å². The minimum atomic E-state index is -0.956. The maximum atomic E-state index is 11.2. The van der Waals surface area contributed by atoms with Gasteiger partial charge < -0.3 is 29.2 Å². The molecule has 134 valence electrons. The Bertz CT molecular complexity index is 530. The number of hydrogen-bond donors (Lipinski definition) is 2. The number of esters is 2. The molecule has 8 heteroatoms. The third kappa shape index (κ3) is 2.95. The van der Waals surface area contributed by atoms with Gasteiger partial charge in [-0.3, -0.25) is 9.59 Å². The van der Waals surface area contributed by atoms with E-state index in [0.29, 0.717) is 6.42 Å². The predicted octanol–water partition coefficient (Wildman–Crippen LogP) is -0.829. The first kappa shape index (κ1) is 17.3. The molecule has 0 aromatic heterocycles. The summed E-state index contributed by atoms with van der Waals surface area (Å²) in [5.74, 6) is -1.01. The average Bonchev–Trinajstić information content (AvgIpc) is 3.36. The molecular weight excluding hydrogens is 320 g/mol. The highest BCUT2D eigenvalue weighted by molar-refractivity contribution is 5.74. The predicted molar refractivity (Wildman–Crippen MR) is 78.7 cm³/mol. The number of ether oxygens (including phenoxy) is 4. The fourth-order valence-corrected chi connectivity index (χ4v) is 3.73. The highest BCUT2D eigenvalue weighted by Gasteiger charge is 2.56. The first-order chi connectivity index (χ1) is 11.5. The summed E-state index contributed by atoms with van der Waals surface area (Å²) < 4.78 is 19.8. The maximum Gasteiger partial charge on any atom is 0.311 e. The second-order valence-electron chi connectivity index (χ2n) is 6.38. The van der Waals surface area contributed by atoms with Crippen LogP contribution in [0.1, 0.15) is 12.8 Å². The quantitative estimate of drug-likeness (QED) is 0.494. The SMILES string of the molecule is COC(=O)C1CC2C=C[C@H]1O2.COC(=O)C1CC2O[C@@H]1[C@@H](O)C2O. The molecule has 4 aliphatic heterocycles. The van der Waals surface area contributed by atoms with Crippen LogP contribution in [0.25, 0.3) is 0 Å².